The maximum absolute atomic E-state index is 13.0. The Morgan fingerprint density at radius 3 is 2.59 bits per heavy atom. The van der Waals surface area contributed by atoms with Crippen LogP contribution in [0, 0.1) is 5.82 Å². The lowest BCUT2D eigenvalue weighted by atomic mass is 10.1. The van der Waals surface area contributed by atoms with Gasteiger partial charge in [-0.15, -0.1) is 0 Å². The molecule has 1 amide bonds. The number of nitrogens with zero attached hydrogens (tertiary/aromatic N) is 1. The monoisotopic (exact) mass is 239 g/mol. The van der Waals surface area contributed by atoms with Crippen LogP contribution >= 0.6 is 0 Å². The van der Waals surface area contributed by atoms with Gasteiger partial charge in [-0.05, 0) is 24.6 Å². The number of amides is 1. The van der Waals surface area contributed by atoms with E-state index in [2.05, 4.69) is 0 Å². The van der Waals surface area contributed by atoms with Gasteiger partial charge in [-0.2, -0.15) is 0 Å². The number of carboxylic acids is 1. The van der Waals surface area contributed by atoms with Crippen molar-refractivity contribution in [2.24, 2.45) is 0 Å². The number of aliphatic carboxylic acids is 1. The quantitative estimate of drug-likeness (QED) is 0.869. The van der Waals surface area contributed by atoms with Crippen LogP contribution in [0.1, 0.15) is 19.4 Å². The molecule has 0 aliphatic heterocycles. The first-order chi connectivity index (χ1) is 7.91. The zero-order valence-corrected chi connectivity index (χ0v) is 9.68. The van der Waals surface area contributed by atoms with Crippen LogP contribution in [0.4, 0.5) is 4.39 Å². The Labute approximate surface area is 98.7 Å². The third-order valence-corrected chi connectivity index (χ3v) is 2.47. The van der Waals surface area contributed by atoms with Crippen molar-refractivity contribution in [3.05, 3.63) is 35.6 Å². The Balaban J connectivity index is 2.88. The average molecular weight is 239 g/mol. The van der Waals surface area contributed by atoms with Gasteiger partial charge >= 0.3 is 5.97 Å². The van der Waals surface area contributed by atoms with Crippen molar-refractivity contribution in [3.8, 4) is 0 Å². The van der Waals surface area contributed by atoms with Crippen molar-refractivity contribution >= 4 is 11.9 Å². The first-order valence-electron chi connectivity index (χ1n) is 5.16. The molecule has 92 valence electrons. The second-order valence-electron chi connectivity index (χ2n) is 3.79. The fraction of sp³-hybridized carbons (Fsp3) is 0.333. The summed E-state index contributed by atoms with van der Waals surface area (Å²) in [6.45, 7) is 2.79. The predicted molar refractivity (Wildman–Crippen MR) is 59.7 cm³/mol. The van der Waals surface area contributed by atoms with Crippen molar-refractivity contribution < 1.29 is 19.1 Å². The molecule has 0 aliphatic rings. The number of carboxylic acid groups (broad SMARTS) is 1. The zero-order chi connectivity index (χ0) is 13.0. The Kier molecular flexibility index (Phi) is 4.20. The number of halogens is 1. The Bertz CT molecular complexity index is 434. The maximum atomic E-state index is 13.0. The number of hydrogen-bond donors (Lipinski definition) is 1. The molecule has 17 heavy (non-hydrogen) atoms. The summed E-state index contributed by atoms with van der Waals surface area (Å²) in [7, 11) is 0. The topological polar surface area (TPSA) is 57.6 Å². The lowest BCUT2D eigenvalue weighted by Gasteiger charge is -2.25. The number of hydrogen-bond acceptors (Lipinski definition) is 2. The smallest absolute Gasteiger partial charge is 0.326 e. The summed E-state index contributed by atoms with van der Waals surface area (Å²) in [5, 5.41) is 8.87. The van der Waals surface area contributed by atoms with Crippen LogP contribution in [0.25, 0.3) is 0 Å². The summed E-state index contributed by atoms with van der Waals surface area (Å²) >= 11 is 0. The molecule has 0 saturated carbocycles. The molecule has 0 saturated heterocycles. The molecule has 4 nitrogen and oxygen atoms in total. The van der Waals surface area contributed by atoms with Gasteiger partial charge in [0.25, 0.3) is 0 Å². The van der Waals surface area contributed by atoms with Gasteiger partial charge in [-0.3, -0.25) is 4.79 Å². The molecule has 1 atom stereocenters. The van der Waals surface area contributed by atoms with Gasteiger partial charge in [0, 0.05) is 13.5 Å². The minimum atomic E-state index is -1.09. The molecular formula is C12H14FNO3. The highest BCUT2D eigenvalue weighted by atomic mass is 19.1. The van der Waals surface area contributed by atoms with Crippen molar-refractivity contribution in [1.82, 2.24) is 4.90 Å². The van der Waals surface area contributed by atoms with Gasteiger partial charge in [0.15, 0.2) is 0 Å². The van der Waals surface area contributed by atoms with E-state index in [9.17, 15) is 14.0 Å². The van der Waals surface area contributed by atoms with E-state index in [1.165, 1.54) is 36.9 Å². The summed E-state index contributed by atoms with van der Waals surface area (Å²) in [6, 6.07) is 4.81. The van der Waals surface area contributed by atoms with E-state index in [0.29, 0.717) is 5.56 Å². The van der Waals surface area contributed by atoms with Gasteiger partial charge in [0.05, 0.1) is 0 Å². The highest BCUT2D eigenvalue weighted by Gasteiger charge is 2.22. The van der Waals surface area contributed by atoms with Crippen molar-refractivity contribution in [3.63, 3.8) is 0 Å². The molecule has 1 aromatic rings. The second-order valence-corrected chi connectivity index (χ2v) is 3.79. The molecule has 5 heteroatoms. The number of carbonyl (C=O) groups is 2. The fourth-order valence-electron chi connectivity index (χ4n) is 1.49. The molecule has 0 heterocycles. The first-order valence-corrected chi connectivity index (χ1v) is 5.16. The minimum Gasteiger partial charge on any atom is -0.480 e. The van der Waals surface area contributed by atoms with E-state index in [4.69, 9.17) is 5.11 Å². The van der Waals surface area contributed by atoms with E-state index < -0.39 is 17.8 Å². The van der Waals surface area contributed by atoms with E-state index in [1.807, 2.05) is 0 Å². The Morgan fingerprint density at radius 1 is 1.47 bits per heavy atom. The van der Waals surface area contributed by atoms with Gasteiger partial charge in [-0.25, -0.2) is 9.18 Å². The average Bonchev–Trinajstić information content (AvgIpc) is 2.24. The van der Waals surface area contributed by atoms with E-state index in [-0.39, 0.29) is 12.5 Å². The third kappa shape index (κ3) is 3.55. The second kappa shape index (κ2) is 5.43. The van der Waals surface area contributed by atoms with Gasteiger partial charge in [0.1, 0.15) is 11.9 Å². The molecule has 0 aromatic heterocycles. The predicted octanol–water partition coefficient (Wildman–Crippen LogP) is 1.65. The number of rotatable bonds is 4. The lowest BCUT2D eigenvalue weighted by molar-refractivity contribution is -0.149. The van der Waals surface area contributed by atoms with Gasteiger partial charge in [0.2, 0.25) is 5.91 Å². The van der Waals surface area contributed by atoms with E-state index in [0.717, 1.165) is 0 Å². The van der Waals surface area contributed by atoms with E-state index in [1.54, 1.807) is 6.07 Å². The molecule has 0 radical (unpaired) electrons. The summed E-state index contributed by atoms with van der Waals surface area (Å²) in [4.78, 5) is 23.4. The Morgan fingerprint density at radius 2 is 2.12 bits per heavy atom. The standard InChI is InChI=1S/C12H14FNO3/c1-8(12(16)17)14(9(2)15)7-10-4-3-5-11(13)6-10/h3-6,8H,7H2,1-2H3,(H,16,17). The summed E-state index contributed by atoms with van der Waals surface area (Å²) in [6.07, 6.45) is 0. The molecular weight excluding hydrogens is 225 g/mol. The molecule has 0 fully saturated rings. The van der Waals surface area contributed by atoms with Crippen LogP contribution in [0.15, 0.2) is 24.3 Å². The molecule has 0 aliphatic carbocycles. The summed E-state index contributed by atoms with van der Waals surface area (Å²) < 4.78 is 13.0. The van der Waals surface area contributed by atoms with Crippen molar-refractivity contribution in [1.29, 1.82) is 0 Å². The normalized spacial score (nSPS) is 11.9. The van der Waals surface area contributed by atoms with Crippen LogP contribution in [0.5, 0.6) is 0 Å². The van der Waals surface area contributed by atoms with Gasteiger partial charge < -0.3 is 10.0 Å². The minimum absolute atomic E-state index is 0.0839. The summed E-state index contributed by atoms with van der Waals surface area (Å²) in [5.41, 5.74) is 0.563. The third-order valence-electron chi connectivity index (χ3n) is 2.47. The molecule has 0 spiro atoms. The first kappa shape index (κ1) is 13.2. The van der Waals surface area contributed by atoms with Crippen molar-refractivity contribution in [2.45, 2.75) is 26.4 Å². The van der Waals surface area contributed by atoms with Crippen LogP contribution in [0.2, 0.25) is 0 Å². The van der Waals surface area contributed by atoms with Gasteiger partial charge in [-0.1, -0.05) is 12.1 Å². The molecule has 1 N–H and O–H groups in total. The lowest BCUT2D eigenvalue weighted by Crippen LogP contribution is -2.41. The van der Waals surface area contributed by atoms with Crippen LogP contribution in [0.3, 0.4) is 0 Å². The molecule has 1 rings (SSSR count). The highest BCUT2D eigenvalue weighted by Crippen LogP contribution is 2.10. The van der Waals surface area contributed by atoms with Crippen LogP contribution in [-0.4, -0.2) is 27.9 Å². The molecule has 1 aromatic carbocycles. The SMILES string of the molecule is CC(=O)N(Cc1cccc(F)c1)C(C)C(=O)O. The van der Waals surface area contributed by atoms with Crippen LogP contribution in [-0.2, 0) is 16.1 Å². The fourth-order valence-corrected chi connectivity index (χ4v) is 1.49. The number of benzene rings is 1. The highest BCUT2D eigenvalue weighted by molar-refractivity contribution is 5.81. The molecule has 1 unspecified atom stereocenters. The van der Waals surface area contributed by atoms with Crippen LogP contribution < -0.4 is 0 Å². The van der Waals surface area contributed by atoms with Crippen molar-refractivity contribution in [2.75, 3.05) is 0 Å². The summed E-state index contributed by atoms with van der Waals surface area (Å²) in [5.74, 6) is -1.85. The zero-order valence-electron chi connectivity index (χ0n) is 9.68. The Hall–Kier alpha value is -1.91. The largest absolute Gasteiger partial charge is 0.480 e. The number of carbonyl (C=O) groups excluding carboxylic acids is 1. The molecule has 0 bridgehead atoms. The van der Waals surface area contributed by atoms with E-state index >= 15 is 0 Å². The maximum Gasteiger partial charge on any atom is 0.326 e.